The maximum atomic E-state index is 12.4. The van der Waals surface area contributed by atoms with E-state index in [1.807, 2.05) is 6.07 Å². The number of benzene rings is 1. The second-order valence-electron chi connectivity index (χ2n) is 5.84. The summed E-state index contributed by atoms with van der Waals surface area (Å²) in [6, 6.07) is 7.09. The Morgan fingerprint density at radius 3 is 2.36 bits per heavy atom. The molecule has 0 fully saturated rings. The van der Waals surface area contributed by atoms with Gasteiger partial charge in [0.2, 0.25) is 15.9 Å². The van der Waals surface area contributed by atoms with Crippen molar-refractivity contribution >= 4 is 27.8 Å². The molecule has 10 heteroatoms. The van der Waals surface area contributed by atoms with Crippen LogP contribution in [0, 0.1) is 18.3 Å². The lowest BCUT2D eigenvalue weighted by atomic mass is 10.1. The summed E-state index contributed by atoms with van der Waals surface area (Å²) in [5, 5.41) is 11.8. The number of carbonyl (C=O) groups excluding carboxylic acids is 2. The highest BCUT2D eigenvalue weighted by atomic mass is 32.2. The summed E-state index contributed by atoms with van der Waals surface area (Å²) < 4.78 is 35.5. The Morgan fingerprint density at radius 1 is 1.25 bits per heavy atom. The molecule has 2 rings (SSSR count). The van der Waals surface area contributed by atoms with Crippen molar-refractivity contribution in [3.05, 3.63) is 46.7 Å². The van der Waals surface area contributed by atoms with Crippen LogP contribution in [0.5, 0.6) is 0 Å². The van der Waals surface area contributed by atoms with Crippen molar-refractivity contribution in [3.8, 4) is 6.07 Å². The molecule has 9 nitrogen and oxygen atoms in total. The van der Waals surface area contributed by atoms with Crippen LogP contribution in [0.2, 0.25) is 0 Å². The average Bonchev–Trinajstić information content (AvgIpc) is 2.96. The number of furan rings is 1. The summed E-state index contributed by atoms with van der Waals surface area (Å²) in [7, 11) is -0.813. The number of anilines is 1. The summed E-state index contributed by atoms with van der Waals surface area (Å²) in [4.78, 5) is 24.5. The highest BCUT2D eigenvalue weighted by Crippen LogP contribution is 2.27. The molecule has 0 aliphatic heterocycles. The van der Waals surface area contributed by atoms with E-state index in [9.17, 15) is 23.3 Å². The van der Waals surface area contributed by atoms with Gasteiger partial charge < -0.3 is 9.15 Å². The molecule has 0 bridgehead atoms. The van der Waals surface area contributed by atoms with Gasteiger partial charge in [-0.2, -0.15) is 5.26 Å². The number of esters is 1. The van der Waals surface area contributed by atoms with Crippen molar-refractivity contribution in [1.29, 1.82) is 5.26 Å². The van der Waals surface area contributed by atoms with Crippen molar-refractivity contribution in [2.75, 3.05) is 26.0 Å². The van der Waals surface area contributed by atoms with Gasteiger partial charge >= 0.3 is 5.97 Å². The van der Waals surface area contributed by atoms with Crippen molar-refractivity contribution in [3.63, 3.8) is 0 Å². The van der Waals surface area contributed by atoms with E-state index in [0.717, 1.165) is 4.31 Å². The van der Waals surface area contributed by atoms with Crippen molar-refractivity contribution in [1.82, 2.24) is 4.31 Å². The highest BCUT2D eigenvalue weighted by Gasteiger charge is 2.26. The molecule has 2 aromatic rings. The predicted octanol–water partition coefficient (Wildman–Crippen LogP) is 2.14. The van der Waals surface area contributed by atoms with E-state index in [2.05, 4.69) is 5.32 Å². The molecule has 1 aromatic heterocycles. The lowest BCUT2D eigenvalue weighted by Crippen LogP contribution is -2.22. The first-order valence-corrected chi connectivity index (χ1v) is 9.62. The number of nitrogens with one attached hydrogen (secondary N) is 1. The lowest BCUT2D eigenvalue weighted by Gasteiger charge is -2.11. The third-order valence-electron chi connectivity index (χ3n) is 3.80. The number of carbonyl (C=O) groups is 2. The summed E-state index contributed by atoms with van der Waals surface area (Å²) in [5.41, 5.74) is -0.0449. The molecule has 1 aromatic carbocycles. The molecule has 1 N–H and O–H groups in total. The van der Waals surface area contributed by atoms with Crippen molar-refractivity contribution in [2.45, 2.75) is 18.7 Å². The van der Waals surface area contributed by atoms with E-state index < -0.39 is 21.9 Å². The smallest absolute Gasteiger partial charge is 0.343 e. The molecule has 0 unspecified atom stereocenters. The second kappa shape index (κ2) is 8.24. The maximum Gasteiger partial charge on any atom is 0.343 e. The summed E-state index contributed by atoms with van der Waals surface area (Å²) in [5.74, 6) is -1.40. The monoisotopic (exact) mass is 405 g/mol. The van der Waals surface area contributed by atoms with Gasteiger partial charge in [-0.05, 0) is 38.1 Å². The van der Waals surface area contributed by atoms with Gasteiger partial charge in [0.05, 0.1) is 11.5 Å². The number of hydrogen-bond acceptors (Lipinski definition) is 7. The fourth-order valence-corrected chi connectivity index (χ4v) is 3.25. The summed E-state index contributed by atoms with van der Waals surface area (Å²) >= 11 is 0. The number of hydrogen-bond donors (Lipinski definition) is 1. The van der Waals surface area contributed by atoms with Gasteiger partial charge in [-0.1, -0.05) is 0 Å². The van der Waals surface area contributed by atoms with E-state index in [1.165, 1.54) is 45.3 Å². The van der Waals surface area contributed by atoms with Crippen LogP contribution < -0.4 is 5.32 Å². The molecule has 148 valence electrons. The molecular formula is C18H19N3O6S. The molecule has 28 heavy (non-hydrogen) atoms. The first-order chi connectivity index (χ1) is 13.1. The minimum atomic E-state index is -3.62. The molecule has 0 saturated heterocycles. The predicted molar refractivity (Wildman–Crippen MR) is 99.4 cm³/mol. The number of nitrogens with zero attached hydrogens (tertiary/aromatic N) is 2. The number of ether oxygens (including phenoxy) is 1. The lowest BCUT2D eigenvalue weighted by molar-refractivity contribution is 0.0524. The standard InChI is InChI=1S/C18H19N3O6S/c1-5-26-18(23)15-11(2)27-17(14(15)10-19)20-16(22)12-6-8-13(9-7-12)28(24,25)21(3)4/h6-9H,5H2,1-4H3,(H,20,22). The first-order valence-electron chi connectivity index (χ1n) is 8.18. The molecule has 0 spiro atoms. The fraction of sp³-hybridized carbons (Fsp3) is 0.278. The summed E-state index contributed by atoms with van der Waals surface area (Å²) in [6.07, 6.45) is 0. The third kappa shape index (κ3) is 4.05. The minimum absolute atomic E-state index is 0.0326. The fourth-order valence-electron chi connectivity index (χ4n) is 2.35. The Balaban J connectivity index is 2.30. The van der Waals surface area contributed by atoms with Crippen molar-refractivity contribution < 1.29 is 27.2 Å². The Bertz CT molecular complexity index is 1050. The Morgan fingerprint density at radius 2 is 1.86 bits per heavy atom. The molecule has 1 amide bonds. The van der Waals surface area contributed by atoms with Gasteiger partial charge in [-0.3, -0.25) is 10.1 Å². The SMILES string of the molecule is CCOC(=O)c1c(C)oc(NC(=O)c2ccc(S(=O)(=O)N(C)C)cc2)c1C#N. The highest BCUT2D eigenvalue weighted by molar-refractivity contribution is 7.89. The molecule has 0 aliphatic carbocycles. The van der Waals surface area contributed by atoms with Gasteiger partial charge in [0.1, 0.15) is 23.0 Å². The number of amides is 1. The molecule has 1 heterocycles. The zero-order valence-electron chi connectivity index (χ0n) is 15.8. The van der Waals surface area contributed by atoms with Crippen LogP contribution in [0.3, 0.4) is 0 Å². The van der Waals surface area contributed by atoms with E-state index in [1.54, 1.807) is 6.92 Å². The number of nitriles is 1. The quantitative estimate of drug-likeness (QED) is 0.729. The largest absolute Gasteiger partial charge is 0.462 e. The molecule has 0 aliphatic rings. The van der Waals surface area contributed by atoms with Crippen LogP contribution in [-0.4, -0.2) is 45.3 Å². The normalized spacial score (nSPS) is 11.1. The van der Waals surface area contributed by atoms with Crippen LogP contribution in [0.4, 0.5) is 5.88 Å². The second-order valence-corrected chi connectivity index (χ2v) is 7.99. The van der Waals surface area contributed by atoms with Gasteiger partial charge in [-0.25, -0.2) is 17.5 Å². The van der Waals surface area contributed by atoms with Gasteiger partial charge in [0, 0.05) is 19.7 Å². The van der Waals surface area contributed by atoms with Crippen molar-refractivity contribution in [2.24, 2.45) is 0 Å². The van der Waals surface area contributed by atoms with Crippen LogP contribution in [0.25, 0.3) is 0 Å². The maximum absolute atomic E-state index is 12.4. The number of aryl methyl sites for hydroxylation is 1. The van der Waals surface area contributed by atoms with Crippen LogP contribution in [0.1, 0.15) is 39.0 Å². The molecule has 0 radical (unpaired) electrons. The number of rotatable bonds is 6. The van der Waals surface area contributed by atoms with E-state index in [0.29, 0.717) is 0 Å². The average molecular weight is 405 g/mol. The van der Waals surface area contributed by atoms with E-state index in [-0.39, 0.29) is 39.8 Å². The Kier molecular flexibility index (Phi) is 6.23. The topological polar surface area (TPSA) is 130 Å². The third-order valence-corrected chi connectivity index (χ3v) is 5.63. The first kappa shape index (κ1) is 21.1. The molecule has 0 saturated carbocycles. The summed E-state index contributed by atoms with van der Waals surface area (Å²) in [6.45, 7) is 3.23. The van der Waals surface area contributed by atoms with Gasteiger partial charge in [-0.15, -0.1) is 0 Å². The van der Waals surface area contributed by atoms with E-state index in [4.69, 9.17) is 9.15 Å². The molecular weight excluding hydrogens is 386 g/mol. The van der Waals surface area contributed by atoms with Crippen LogP contribution >= 0.6 is 0 Å². The Hall–Kier alpha value is -3.16. The Labute approximate surface area is 162 Å². The number of sulfonamides is 1. The molecule has 0 atom stereocenters. The van der Waals surface area contributed by atoms with Crippen LogP contribution in [0.15, 0.2) is 33.6 Å². The zero-order chi connectivity index (χ0) is 21.1. The zero-order valence-corrected chi connectivity index (χ0v) is 16.6. The minimum Gasteiger partial charge on any atom is -0.462 e. The van der Waals surface area contributed by atoms with E-state index >= 15 is 0 Å². The van der Waals surface area contributed by atoms with Gasteiger partial charge in [0.25, 0.3) is 5.91 Å². The van der Waals surface area contributed by atoms with Gasteiger partial charge in [0.15, 0.2) is 0 Å². The van der Waals surface area contributed by atoms with Crippen LogP contribution in [-0.2, 0) is 14.8 Å².